The number of aromatic nitrogens is 3. The molecule has 29 heavy (non-hydrogen) atoms. The summed E-state index contributed by atoms with van der Waals surface area (Å²) in [6.07, 6.45) is 1.79. The van der Waals surface area contributed by atoms with Crippen molar-refractivity contribution < 1.29 is 14.7 Å². The monoisotopic (exact) mass is 455 g/mol. The Labute approximate surface area is 171 Å². The molecule has 0 bridgehead atoms. The van der Waals surface area contributed by atoms with Crippen molar-refractivity contribution in [1.29, 1.82) is 0 Å². The van der Waals surface area contributed by atoms with Crippen LogP contribution < -0.4 is 11.2 Å². The topological polar surface area (TPSA) is 114 Å². The number of rotatable bonds is 4. The van der Waals surface area contributed by atoms with Gasteiger partial charge in [-0.05, 0) is 52.7 Å². The summed E-state index contributed by atoms with van der Waals surface area (Å²) in [6, 6.07) is 9.91. The minimum atomic E-state index is -1.30. The van der Waals surface area contributed by atoms with Crippen molar-refractivity contribution in [2.45, 2.75) is 13.5 Å². The first-order valence-electron chi connectivity index (χ1n) is 8.58. The SMILES string of the molecule is Cc1c(Br)c2ccccn2c1C(=O)c1ccc2c(=O)n(CC(=O)O)c(=O)[nH]c2c1. The number of aromatic amines is 1. The molecular formula is C20H14BrN3O5. The molecule has 0 aliphatic heterocycles. The number of hydrogen-bond donors (Lipinski definition) is 2. The number of H-pyrrole nitrogens is 1. The fourth-order valence-corrected chi connectivity index (χ4v) is 3.90. The highest BCUT2D eigenvalue weighted by Gasteiger charge is 2.21. The second-order valence-corrected chi connectivity index (χ2v) is 7.34. The molecule has 0 fully saturated rings. The molecule has 0 atom stereocenters. The third-order valence-electron chi connectivity index (χ3n) is 4.76. The molecule has 3 heterocycles. The summed E-state index contributed by atoms with van der Waals surface area (Å²) in [4.78, 5) is 51.2. The number of carboxylic acid groups (broad SMARTS) is 1. The molecule has 0 radical (unpaired) electrons. The van der Waals surface area contributed by atoms with Crippen molar-refractivity contribution in [3.05, 3.63) is 84.7 Å². The maximum absolute atomic E-state index is 13.2. The highest BCUT2D eigenvalue weighted by Crippen LogP contribution is 2.30. The summed E-state index contributed by atoms with van der Waals surface area (Å²) in [7, 11) is 0. The van der Waals surface area contributed by atoms with Crippen molar-refractivity contribution >= 4 is 44.1 Å². The molecule has 0 aliphatic carbocycles. The summed E-state index contributed by atoms with van der Waals surface area (Å²) in [5.41, 5.74) is 0.977. The largest absolute Gasteiger partial charge is 0.480 e. The average molecular weight is 456 g/mol. The number of benzene rings is 1. The van der Waals surface area contributed by atoms with Gasteiger partial charge in [-0.2, -0.15) is 0 Å². The Hall–Kier alpha value is -3.46. The highest BCUT2D eigenvalue weighted by atomic mass is 79.9. The maximum Gasteiger partial charge on any atom is 0.329 e. The van der Waals surface area contributed by atoms with E-state index in [2.05, 4.69) is 20.9 Å². The van der Waals surface area contributed by atoms with Crippen LogP contribution in [-0.4, -0.2) is 30.8 Å². The van der Waals surface area contributed by atoms with Crippen LogP contribution in [0.5, 0.6) is 0 Å². The van der Waals surface area contributed by atoms with Gasteiger partial charge in [-0.1, -0.05) is 12.1 Å². The van der Waals surface area contributed by atoms with Gasteiger partial charge in [0.05, 0.1) is 22.1 Å². The van der Waals surface area contributed by atoms with Crippen LogP contribution in [-0.2, 0) is 11.3 Å². The van der Waals surface area contributed by atoms with E-state index in [-0.39, 0.29) is 16.7 Å². The predicted molar refractivity (Wildman–Crippen MR) is 110 cm³/mol. The highest BCUT2D eigenvalue weighted by molar-refractivity contribution is 9.10. The van der Waals surface area contributed by atoms with Crippen molar-refractivity contribution in [1.82, 2.24) is 14.0 Å². The number of carbonyl (C=O) groups is 2. The van der Waals surface area contributed by atoms with Crippen LogP contribution in [0.25, 0.3) is 16.4 Å². The molecule has 0 spiro atoms. The fourth-order valence-electron chi connectivity index (χ4n) is 3.38. The summed E-state index contributed by atoms with van der Waals surface area (Å²) in [5.74, 6) is -1.57. The number of carbonyl (C=O) groups excluding carboxylic acids is 1. The Morgan fingerprint density at radius 1 is 1.17 bits per heavy atom. The Bertz CT molecular complexity index is 1440. The molecule has 3 aromatic heterocycles. The minimum absolute atomic E-state index is 0.125. The lowest BCUT2D eigenvalue weighted by Gasteiger charge is -2.07. The van der Waals surface area contributed by atoms with E-state index >= 15 is 0 Å². The maximum atomic E-state index is 13.2. The van der Waals surface area contributed by atoms with Crippen LogP contribution >= 0.6 is 15.9 Å². The van der Waals surface area contributed by atoms with Gasteiger partial charge in [0, 0.05) is 16.2 Å². The normalized spacial score (nSPS) is 11.2. The summed E-state index contributed by atoms with van der Waals surface area (Å²) < 4.78 is 3.19. The third kappa shape index (κ3) is 2.99. The molecule has 0 amide bonds. The van der Waals surface area contributed by atoms with Gasteiger partial charge in [-0.25, -0.2) is 9.36 Å². The lowest BCUT2D eigenvalue weighted by Crippen LogP contribution is -2.37. The van der Waals surface area contributed by atoms with Crippen molar-refractivity contribution in [2.75, 3.05) is 0 Å². The molecule has 2 N–H and O–H groups in total. The van der Waals surface area contributed by atoms with E-state index in [9.17, 15) is 19.2 Å². The van der Waals surface area contributed by atoms with E-state index in [4.69, 9.17) is 5.11 Å². The van der Waals surface area contributed by atoms with Crippen molar-refractivity contribution in [3.8, 4) is 0 Å². The number of ketones is 1. The lowest BCUT2D eigenvalue weighted by molar-refractivity contribution is -0.137. The zero-order valence-corrected chi connectivity index (χ0v) is 16.7. The molecule has 0 unspecified atom stereocenters. The van der Waals surface area contributed by atoms with Gasteiger partial charge in [-0.3, -0.25) is 14.4 Å². The third-order valence-corrected chi connectivity index (χ3v) is 5.76. The van der Waals surface area contributed by atoms with Crippen LogP contribution in [0.3, 0.4) is 0 Å². The van der Waals surface area contributed by atoms with Crippen molar-refractivity contribution in [3.63, 3.8) is 0 Å². The Balaban J connectivity index is 1.89. The zero-order valence-electron chi connectivity index (χ0n) is 15.1. The molecule has 1 aromatic carbocycles. The standard InChI is InChI=1S/C20H14BrN3O5/c1-10-16(21)14-4-2-3-7-23(14)17(10)18(27)11-5-6-12-13(8-11)22-20(29)24(19(12)28)9-15(25)26/h2-8H,9H2,1H3,(H,22,29)(H,25,26). The second-order valence-electron chi connectivity index (χ2n) is 6.55. The number of fused-ring (bicyclic) bond motifs is 2. The van der Waals surface area contributed by atoms with E-state index in [0.29, 0.717) is 15.8 Å². The van der Waals surface area contributed by atoms with Crippen LogP contribution in [0.4, 0.5) is 0 Å². The number of pyridine rings is 1. The number of carboxylic acids is 1. The van der Waals surface area contributed by atoms with Crippen LogP contribution in [0, 0.1) is 6.92 Å². The van der Waals surface area contributed by atoms with E-state index in [1.807, 2.05) is 25.1 Å². The molecule has 146 valence electrons. The molecule has 4 aromatic rings. The quantitative estimate of drug-likeness (QED) is 0.458. The van der Waals surface area contributed by atoms with Gasteiger partial charge in [-0.15, -0.1) is 0 Å². The first-order chi connectivity index (χ1) is 13.8. The summed E-state index contributed by atoms with van der Waals surface area (Å²) >= 11 is 3.52. The lowest BCUT2D eigenvalue weighted by atomic mass is 10.0. The van der Waals surface area contributed by atoms with E-state index in [0.717, 1.165) is 15.6 Å². The van der Waals surface area contributed by atoms with E-state index < -0.39 is 23.8 Å². The van der Waals surface area contributed by atoms with Gasteiger partial charge < -0.3 is 14.5 Å². The molecule has 0 saturated heterocycles. The summed E-state index contributed by atoms with van der Waals surface area (Å²) in [5, 5.41) is 9.01. The average Bonchev–Trinajstić information content (AvgIpc) is 2.95. The van der Waals surface area contributed by atoms with Crippen LogP contribution in [0.15, 0.2) is 56.7 Å². The molecule has 0 saturated carbocycles. The van der Waals surface area contributed by atoms with Gasteiger partial charge in [0.2, 0.25) is 5.78 Å². The molecular weight excluding hydrogens is 442 g/mol. The molecule has 0 aliphatic rings. The Kier molecular flexibility index (Phi) is 4.46. The number of aliphatic carboxylic acids is 1. The van der Waals surface area contributed by atoms with Gasteiger partial charge in [0.15, 0.2) is 0 Å². The number of nitrogens with one attached hydrogen (secondary N) is 1. The van der Waals surface area contributed by atoms with E-state index in [1.165, 1.54) is 18.2 Å². The number of halogens is 1. The second kappa shape index (κ2) is 6.85. The predicted octanol–water partition coefficient (Wildman–Crippen LogP) is 2.33. The molecule has 8 nitrogen and oxygen atoms in total. The molecule has 9 heteroatoms. The first-order valence-corrected chi connectivity index (χ1v) is 9.37. The first kappa shape index (κ1) is 18.9. The smallest absolute Gasteiger partial charge is 0.329 e. The minimum Gasteiger partial charge on any atom is -0.480 e. The zero-order chi connectivity index (χ0) is 20.9. The number of nitrogens with zero attached hydrogens (tertiary/aromatic N) is 2. The summed E-state index contributed by atoms with van der Waals surface area (Å²) in [6.45, 7) is 1.09. The van der Waals surface area contributed by atoms with Crippen LogP contribution in [0.2, 0.25) is 0 Å². The van der Waals surface area contributed by atoms with Crippen LogP contribution in [0.1, 0.15) is 21.6 Å². The van der Waals surface area contributed by atoms with E-state index in [1.54, 1.807) is 10.6 Å². The Morgan fingerprint density at radius 2 is 1.93 bits per heavy atom. The van der Waals surface area contributed by atoms with Crippen molar-refractivity contribution in [2.24, 2.45) is 0 Å². The van der Waals surface area contributed by atoms with Gasteiger partial charge in [0.1, 0.15) is 6.54 Å². The van der Waals surface area contributed by atoms with Gasteiger partial charge in [0.25, 0.3) is 5.56 Å². The number of hydrogen-bond acceptors (Lipinski definition) is 4. The fraction of sp³-hybridized carbons (Fsp3) is 0.100. The Morgan fingerprint density at radius 3 is 2.66 bits per heavy atom. The molecule has 4 rings (SSSR count). The van der Waals surface area contributed by atoms with Gasteiger partial charge >= 0.3 is 11.7 Å².